The number of piperazine rings is 1. The van der Waals surface area contributed by atoms with Gasteiger partial charge in [0.05, 0.1) is 11.8 Å². The molecule has 26 heavy (non-hydrogen) atoms. The van der Waals surface area contributed by atoms with E-state index in [1.807, 2.05) is 23.1 Å². The van der Waals surface area contributed by atoms with E-state index in [-0.39, 0.29) is 23.7 Å². The molecule has 0 spiro atoms. The van der Waals surface area contributed by atoms with Gasteiger partial charge in [-0.2, -0.15) is 0 Å². The fourth-order valence-electron chi connectivity index (χ4n) is 4.24. The monoisotopic (exact) mass is 356 g/mol. The smallest absolute Gasteiger partial charge is 0.226 e. The highest BCUT2D eigenvalue weighted by molar-refractivity contribution is 5.92. The second-order valence-corrected chi connectivity index (χ2v) is 7.79. The number of aromatic nitrogens is 1. The SMILES string of the molecule is O=C(NC1CCCCC1)C1CC1C(=O)N1CCN(c2ccccn2)CC1. The van der Waals surface area contributed by atoms with Crippen LogP contribution in [-0.2, 0) is 9.59 Å². The Morgan fingerprint density at radius 2 is 1.77 bits per heavy atom. The number of anilines is 1. The van der Waals surface area contributed by atoms with Gasteiger partial charge >= 0.3 is 0 Å². The number of carbonyl (C=O) groups is 2. The number of amides is 2. The Morgan fingerprint density at radius 3 is 2.46 bits per heavy atom. The van der Waals surface area contributed by atoms with Crippen LogP contribution < -0.4 is 10.2 Å². The first-order valence-electron chi connectivity index (χ1n) is 9.97. The molecule has 6 nitrogen and oxygen atoms in total. The summed E-state index contributed by atoms with van der Waals surface area (Å²) in [7, 11) is 0. The largest absolute Gasteiger partial charge is 0.353 e. The van der Waals surface area contributed by atoms with E-state index in [9.17, 15) is 9.59 Å². The summed E-state index contributed by atoms with van der Waals surface area (Å²) in [6.45, 7) is 3.02. The van der Waals surface area contributed by atoms with Gasteiger partial charge in [-0.05, 0) is 31.4 Å². The highest BCUT2D eigenvalue weighted by atomic mass is 16.2. The topological polar surface area (TPSA) is 65.5 Å². The third-order valence-electron chi connectivity index (χ3n) is 5.96. The van der Waals surface area contributed by atoms with Crippen molar-refractivity contribution < 1.29 is 9.59 Å². The van der Waals surface area contributed by atoms with Crippen molar-refractivity contribution in [3.63, 3.8) is 0 Å². The van der Waals surface area contributed by atoms with E-state index in [4.69, 9.17) is 0 Å². The molecule has 3 aliphatic rings. The fraction of sp³-hybridized carbons (Fsp3) is 0.650. The highest BCUT2D eigenvalue weighted by Gasteiger charge is 2.50. The first-order chi connectivity index (χ1) is 12.7. The normalized spacial score (nSPS) is 26.5. The van der Waals surface area contributed by atoms with Gasteiger partial charge < -0.3 is 15.1 Å². The van der Waals surface area contributed by atoms with Gasteiger partial charge in [0, 0.05) is 38.4 Å². The predicted molar refractivity (Wildman–Crippen MR) is 99.6 cm³/mol. The van der Waals surface area contributed by atoms with Crippen LogP contribution in [0.25, 0.3) is 0 Å². The molecule has 1 N–H and O–H groups in total. The Labute approximate surface area is 155 Å². The van der Waals surface area contributed by atoms with Gasteiger partial charge in [0.2, 0.25) is 11.8 Å². The molecule has 6 heteroatoms. The molecule has 2 saturated carbocycles. The molecule has 3 fully saturated rings. The van der Waals surface area contributed by atoms with Crippen LogP contribution >= 0.6 is 0 Å². The molecule has 1 saturated heterocycles. The summed E-state index contributed by atoms with van der Waals surface area (Å²) < 4.78 is 0. The zero-order valence-electron chi connectivity index (χ0n) is 15.3. The Balaban J connectivity index is 1.24. The Kier molecular flexibility index (Phi) is 5.09. The first-order valence-corrected chi connectivity index (χ1v) is 9.97. The molecule has 140 valence electrons. The molecule has 1 aromatic rings. The van der Waals surface area contributed by atoms with Crippen molar-refractivity contribution in [3.8, 4) is 0 Å². The van der Waals surface area contributed by atoms with Crippen LogP contribution in [0.4, 0.5) is 5.82 Å². The van der Waals surface area contributed by atoms with Crippen molar-refractivity contribution in [2.75, 3.05) is 31.1 Å². The number of nitrogens with zero attached hydrogens (tertiary/aromatic N) is 3. The van der Waals surface area contributed by atoms with Gasteiger partial charge in [0.25, 0.3) is 0 Å². The Hall–Kier alpha value is -2.11. The minimum Gasteiger partial charge on any atom is -0.353 e. The third-order valence-corrected chi connectivity index (χ3v) is 5.96. The molecule has 2 unspecified atom stereocenters. The standard InChI is InChI=1S/C20H28N4O2/c25-19(22-15-6-2-1-3-7-15)16-14-17(16)20(26)24-12-10-23(11-13-24)18-8-4-5-9-21-18/h4-5,8-9,15-17H,1-3,6-7,10-14H2,(H,22,25). The lowest BCUT2D eigenvalue weighted by atomic mass is 9.95. The third kappa shape index (κ3) is 3.84. The lowest BCUT2D eigenvalue weighted by Crippen LogP contribution is -2.49. The zero-order chi connectivity index (χ0) is 17.9. The van der Waals surface area contributed by atoms with Crippen molar-refractivity contribution in [1.29, 1.82) is 0 Å². The van der Waals surface area contributed by atoms with Gasteiger partial charge in [-0.3, -0.25) is 9.59 Å². The average Bonchev–Trinajstić information content (AvgIpc) is 3.50. The van der Waals surface area contributed by atoms with Gasteiger partial charge in [0.15, 0.2) is 0 Å². The summed E-state index contributed by atoms with van der Waals surface area (Å²) in [5, 5.41) is 3.17. The van der Waals surface area contributed by atoms with Crippen LogP contribution in [0, 0.1) is 11.8 Å². The summed E-state index contributed by atoms with van der Waals surface area (Å²) in [6.07, 6.45) is 8.39. The second kappa shape index (κ2) is 7.64. The number of rotatable bonds is 4. The molecule has 2 amide bonds. The Bertz CT molecular complexity index is 636. The van der Waals surface area contributed by atoms with Crippen LogP contribution in [0.5, 0.6) is 0 Å². The van der Waals surface area contributed by atoms with Crippen molar-refractivity contribution in [1.82, 2.24) is 15.2 Å². The predicted octanol–water partition coefficient (Wildman–Crippen LogP) is 1.82. The molecule has 2 aliphatic carbocycles. The minimum absolute atomic E-state index is 0.0972. The van der Waals surface area contributed by atoms with Crippen LogP contribution in [0.1, 0.15) is 38.5 Å². The van der Waals surface area contributed by atoms with E-state index < -0.39 is 0 Å². The lowest BCUT2D eigenvalue weighted by molar-refractivity contribution is -0.135. The Morgan fingerprint density at radius 1 is 1.00 bits per heavy atom. The van der Waals surface area contributed by atoms with Gasteiger partial charge in [-0.25, -0.2) is 4.98 Å². The van der Waals surface area contributed by atoms with Gasteiger partial charge in [0.1, 0.15) is 5.82 Å². The van der Waals surface area contributed by atoms with Crippen molar-refractivity contribution in [2.24, 2.45) is 11.8 Å². The van der Waals surface area contributed by atoms with E-state index in [2.05, 4.69) is 15.2 Å². The fourth-order valence-corrected chi connectivity index (χ4v) is 4.24. The summed E-state index contributed by atoms with van der Waals surface area (Å²) in [6, 6.07) is 6.23. The minimum atomic E-state index is -0.0988. The van der Waals surface area contributed by atoms with E-state index in [0.29, 0.717) is 19.1 Å². The second-order valence-electron chi connectivity index (χ2n) is 7.79. The molecule has 1 aromatic heterocycles. The molecule has 2 atom stereocenters. The van der Waals surface area contributed by atoms with Crippen molar-refractivity contribution in [3.05, 3.63) is 24.4 Å². The van der Waals surface area contributed by atoms with Crippen LogP contribution in [-0.4, -0.2) is 53.9 Å². The van der Waals surface area contributed by atoms with E-state index >= 15 is 0 Å². The van der Waals surface area contributed by atoms with E-state index in [1.165, 1.54) is 19.3 Å². The van der Waals surface area contributed by atoms with E-state index in [0.717, 1.165) is 38.2 Å². The lowest BCUT2D eigenvalue weighted by Gasteiger charge is -2.35. The maximum absolute atomic E-state index is 12.7. The van der Waals surface area contributed by atoms with Gasteiger partial charge in [-0.15, -0.1) is 0 Å². The molecule has 0 radical (unpaired) electrons. The highest BCUT2D eigenvalue weighted by Crippen LogP contribution is 2.40. The summed E-state index contributed by atoms with van der Waals surface area (Å²) in [4.78, 5) is 33.7. The maximum atomic E-state index is 12.7. The van der Waals surface area contributed by atoms with E-state index in [1.54, 1.807) is 6.20 Å². The van der Waals surface area contributed by atoms with Crippen molar-refractivity contribution >= 4 is 17.6 Å². The molecule has 2 heterocycles. The summed E-state index contributed by atoms with van der Waals surface area (Å²) in [5.74, 6) is 1.03. The van der Waals surface area contributed by atoms with Gasteiger partial charge in [-0.1, -0.05) is 25.3 Å². The molecule has 4 rings (SSSR count). The maximum Gasteiger partial charge on any atom is 0.226 e. The van der Waals surface area contributed by atoms with Crippen LogP contribution in [0.3, 0.4) is 0 Å². The van der Waals surface area contributed by atoms with Crippen molar-refractivity contribution in [2.45, 2.75) is 44.6 Å². The molecule has 0 aromatic carbocycles. The van der Waals surface area contributed by atoms with Crippen LogP contribution in [0.15, 0.2) is 24.4 Å². The first kappa shape index (κ1) is 17.3. The van der Waals surface area contributed by atoms with Crippen LogP contribution in [0.2, 0.25) is 0 Å². The molecular weight excluding hydrogens is 328 g/mol. The summed E-state index contributed by atoms with van der Waals surface area (Å²) in [5.41, 5.74) is 0. The number of carbonyl (C=O) groups excluding carboxylic acids is 2. The molecule has 1 aliphatic heterocycles. The zero-order valence-corrected chi connectivity index (χ0v) is 15.3. The summed E-state index contributed by atoms with van der Waals surface area (Å²) >= 11 is 0. The number of hydrogen-bond acceptors (Lipinski definition) is 4. The average molecular weight is 356 g/mol. The number of pyridine rings is 1. The molecular formula is C20H28N4O2. The number of hydrogen-bond donors (Lipinski definition) is 1. The quantitative estimate of drug-likeness (QED) is 0.894. The molecule has 0 bridgehead atoms. The number of nitrogens with one attached hydrogen (secondary N) is 1.